The topological polar surface area (TPSA) is 134 Å². The van der Waals surface area contributed by atoms with Crippen LogP contribution in [0.3, 0.4) is 0 Å². The van der Waals surface area contributed by atoms with Gasteiger partial charge in [-0.3, -0.25) is 0 Å². The maximum absolute atomic E-state index is 12.7. The van der Waals surface area contributed by atoms with Crippen LogP contribution in [0.5, 0.6) is 0 Å². The van der Waals surface area contributed by atoms with Crippen molar-refractivity contribution in [3.63, 3.8) is 0 Å². The molecule has 1 fully saturated rings. The summed E-state index contributed by atoms with van der Waals surface area (Å²) in [5, 5.41) is 59.9. The van der Waals surface area contributed by atoms with E-state index in [1.807, 2.05) is 6.07 Å². The van der Waals surface area contributed by atoms with Crippen LogP contribution >= 0.6 is 0 Å². The number of hydrogen-bond acceptors (Lipinski definition) is 7. The minimum atomic E-state index is -2.60. The van der Waals surface area contributed by atoms with Crippen molar-refractivity contribution in [3.8, 4) is 6.07 Å². The van der Waals surface area contributed by atoms with Gasteiger partial charge in [-0.1, -0.05) is 30.3 Å². The summed E-state index contributed by atoms with van der Waals surface area (Å²) in [5.74, 6) is -2.45. The molecule has 0 amide bonds. The second-order valence-corrected chi connectivity index (χ2v) is 7.16. The standard InChI is InChI=1S/C21H21F2NO6/c22-20(23)12-3-1-11(2-4-12)7-14-8-15(6-5-13(14)9-24)21(29)19(28)18(27)17(26)16(10-25)30-21/h1-6,8,16-20,25-29H,7,10H2/t16-,17-,18+,19-,21+/m1/s1. The molecule has 1 heterocycles. The lowest BCUT2D eigenvalue weighted by Crippen LogP contribution is -2.63. The number of nitrogens with zero attached hydrogens (tertiary/aromatic N) is 1. The third-order valence-corrected chi connectivity index (χ3v) is 5.23. The molecule has 1 aliphatic heterocycles. The average Bonchev–Trinajstić information content (AvgIpc) is 2.75. The zero-order valence-corrected chi connectivity index (χ0v) is 15.7. The molecule has 0 saturated carbocycles. The van der Waals surface area contributed by atoms with E-state index in [1.54, 1.807) is 0 Å². The van der Waals surface area contributed by atoms with E-state index in [-0.39, 0.29) is 23.1 Å². The second kappa shape index (κ2) is 8.73. The van der Waals surface area contributed by atoms with Crippen LogP contribution in [0.2, 0.25) is 0 Å². The third-order valence-electron chi connectivity index (χ3n) is 5.23. The summed E-state index contributed by atoms with van der Waals surface area (Å²) in [5.41, 5.74) is 1.17. The lowest BCUT2D eigenvalue weighted by molar-refractivity contribution is -0.357. The quantitative estimate of drug-likeness (QED) is 0.480. The minimum Gasteiger partial charge on any atom is -0.394 e. The SMILES string of the molecule is N#Cc1ccc([C@]2(O)O[C@H](CO)[C@@H](O)[C@H](O)[C@H]2O)cc1Cc1ccc(C(F)F)cc1. The maximum atomic E-state index is 12.7. The molecule has 0 aromatic heterocycles. The third kappa shape index (κ3) is 4.06. The Morgan fingerprint density at radius 3 is 2.30 bits per heavy atom. The summed E-state index contributed by atoms with van der Waals surface area (Å²) in [6.07, 6.45) is -9.12. The Morgan fingerprint density at radius 2 is 1.73 bits per heavy atom. The molecule has 2 aromatic carbocycles. The van der Waals surface area contributed by atoms with Gasteiger partial charge in [0, 0.05) is 11.1 Å². The summed E-state index contributed by atoms with van der Waals surface area (Å²) >= 11 is 0. The van der Waals surface area contributed by atoms with E-state index in [2.05, 4.69) is 0 Å². The van der Waals surface area contributed by atoms with Crippen LogP contribution in [0, 0.1) is 11.3 Å². The summed E-state index contributed by atoms with van der Waals surface area (Å²) in [6.45, 7) is -0.715. The molecule has 0 aliphatic carbocycles. The number of hydrogen-bond donors (Lipinski definition) is 5. The smallest absolute Gasteiger partial charge is 0.263 e. The molecule has 30 heavy (non-hydrogen) atoms. The fourth-order valence-electron chi connectivity index (χ4n) is 3.47. The summed E-state index contributed by atoms with van der Waals surface area (Å²) < 4.78 is 30.8. The number of aliphatic hydroxyl groups excluding tert-OH is 4. The lowest BCUT2D eigenvalue weighted by atomic mass is 9.86. The van der Waals surface area contributed by atoms with Gasteiger partial charge in [0.2, 0.25) is 5.79 Å². The van der Waals surface area contributed by atoms with Gasteiger partial charge in [-0.15, -0.1) is 0 Å². The lowest BCUT2D eigenvalue weighted by Gasteiger charge is -2.45. The van der Waals surface area contributed by atoms with E-state index >= 15 is 0 Å². The first-order chi connectivity index (χ1) is 14.2. The van der Waals surface area contributed by atoms with Crippen molar-refractivity contribution in [2.24, 2.45) is 0 Å². The highest BCUT2D eigenvalue weighted by molar-refractivity contribution is 5.44. The normalized spacial score (nSPS) is 29.0. The minimum absolute atomic E-state index is 0.00222. The van der Waals surface area contributed by atoms with Gasteiger partial charge in [0.1, 0.15) is 24.4 Å². The van der Waals surface area contributed by atoms with Gasteiger partial charge in [0.15, 0.2) is 0 Å². The molecule has 2 aromatic rings. The number of aliphatic hydroxyl groups is 5. The molecule has 160 valence electrons. The number of rotatable bonds is 5. The van der Waals surface area contributed by atoms with Crippen LogP contribution in [0.25, 0.3) is 0 Å². The summed E-state index contributed by atoms with van der Waals surface area (Å²) in [6, 6.07) is 11.7. The van der Waals surface area contributed by atoms with E-state index < -0.39 is 43.2 Å². The molecule has 0 spiro atoms. The van der Waals surface area contributed by atoms with Crippen molar-refractivity contribution in [2.75, 3.05) is 6.61 Å². The van der Waals surface area contributed by atoms with Crippen LogP contribution in [0.1, 0.15) is 34.2 Å². The van der Waals surface area contributed by atoms with Crippen molar-refractivity contribution < 1.29 is 39.1 Å². The Labute approximate surface area is 171 Å². The highest BCUT2D eigenvalue weighted by Gasteiger charge is 2.53. The predicted octanol–water partition coefficient (Wildman–Crippen LogP) is 0.706. The Kier molecular flexibility index (Phi) is 6.47. The molecule has 9 heteroatoms. The monoisotopic (exact) mass is 421 g/mol. The highest BCUT2D eigenvalue weighted by atomic mass is 19.3. The van der Waals surface area contributed by atoms with Crippen molar-refractivity contribution in [1.29, 1.82) is 5.26 Å². The first-order valence-electron chi connectivity index (χ1n) is 9.17. The molecule has 0 radical (unpaired) electrons. The van der Waals surface area contributed by atoms with Crippen LogP contribution in [-0.2, 0) is 16.9 Å². The maximum Gasteiger partial charge on any atom is 0.263 e. The number of nitriles is 1. The number of benzene rings is 2. The molecule has 1 saturated heterocycles. The van der Waals surface area contributed by atoms with Crippen LogP contribution in [0.4, 0.5) is 8.78 Å². The van der Waals surface area contributed by atoms with Gasteiger partial charge in [-0.2, -0.15) is 5.26 Å². The van der Waals surface area contributed by atoms with Crippen LogP contribution < -0.4 is 0 Å². The van der Waals surface area contributed by atoms with Crippen LogP contribution in [0.15, 0.2) is 42.5 Å². The van der Waals surface area contributed by atoms with Crippen molar-refractivity contribution in [1.82, 2.24) is 0 Å². The Morgan fingerprint density at radius 1 is 1.07 bits per heavy atom. The number of alkyl halides is 2. The second-order valence-electron chi connectivity index (χ2n) is 7.16. The fourth-order valence-corrected chi connectivity index (χ4v) is 3.47. The number of ether oxygens (including phenoxy) is 1. The van der Waals surface area contributed by atoms with Gasteiger partial charge in [-0.05, 0) is 29.7 Å². The average molecular weight is 421 g/mol. The van der Waals surface area contributed by atoms with E-state index in [9.17, 15) is 39.6 Å². The molecule has 7 nitrogen and oxygen atoms in total. The van der Waals surface area contributed by atoms with Gasteiger partial charge in [0.05, 0.1) is 18.2 Å². The molecular formula is C21H21F2NO6. The first-order valence-corrected chi connectivity index (χ1v) is 9.17. The Hall–Kier alpha value is -2.45. The van der Waals surface area contributed by atoms with Crippen LogP contribution in [-0.4, -0.2) is 56.6 Å². The van der Waals surface area contributed by atoms with Crippen molar-refractivity contribution in [2.45, 2.75) is 43.0 Å². The molecular weight excluding hydrogens is 400 g/mol. The van der Waals surface area contributed by atoms with E-state index in [0.717, 1.165) is 0 Å². The van der Waals surface area contributed by atoms with Gasteiger partial charge >= 0.3 is 0 Å². The van der Waals surface area contributed by atoms with Gasteiger partial charge < -0.3 is 30.3 Å². The van der Waals surface area contributed by atoms with Gasteiger partial charge in [-0.25, -0.2) is 8.78 Å². The van der Waals surface area contributed by atoms with E-state index in [0.29, 0.717) is 11.1 Å². The Bertz CT molecular complexity index is 930. The highest BCUT2D eigenvalue weighted by Crippen LogP contribution is 2.37. The summed E-state index contributed by atoms with van der Waals surface area (Å²) in [7, 11) is 0. The molecule has 0 bridgehead atoms. The Balaban J connectivity index is 1.96. The largest absolute Gasteiger partial charge is 0.394 e. The zero-order valence-electron chi connectivity index (χ0n) is 15.7. The van der Waals surface area contributed by atoms with E-state index in [4.69, 9.17) is 4.74 Å². The predicted molar refractivity (Wildman–Crippen MR) is 99.2 cm³/mol. The molecule has 5 N–H and O–H groups in total. The zero-order chi connectivity index (χ0) is 22.1. The first kappa shape index (κ1) is 22.2. The molecule has 5 atom stereocenters. The van der Waals surface area contributed by atoms with Gasteiger partial charge in [0.25, 0.3) is 6.43 Å². The van der Waals surface area contributed by atoms with Crippen molar-refractivity contribution >= 4 is 0 Å². The number of halogens is 2. The molecule has 3 rings (SSSR count). The fraction of sp³-hybridized carbons (Fsp3) is 0.381. The molecule has 1 aliphatic rings. The summed E-state index contributed by atoms with van der Waals surface area (Å²) in [4.78, 5) is 0. The molecule has 0 unspecified atom stereocenters. The van der Waals surface area contributed by atoms with E-state index in [1.165, 1.54) is 42.5 Å². The van der Waals surface area contributed by atoms with Crippen molar-refractivity contribution in [3.05, 3.63) is 70.3 Å².